The predicted octanol–water partition coefficient (Wildman–Crippen LogP) is 0.859. The molecule has 0 bridgehead atoms. The van der Waals surface area contributed by atoms with Crippen LogP contribution in [-0.2, 0) is 0 Å². The zero-order chi connectivity index (χ0) is 7.40. The van der Waals surface area contributed by atoms with Gasteiger partial charge in [0.1, 0.15) is 0 Å². The third-order valence-corrected chi connectivity index (χ3v) is 1.16. The fourth-order valence-corrected chi connectivity index (χ4v) is 0.642. The van der Waals surface area contributed by atoms with Gasteiger partial charge in [0.25, 0.3) is 0 Å². The molecule has 1 aromatic rings. The normalized spacial score (nSPS) is 8.80. The molecule has 2 heteroatoms. The standard InChI is InChI=1S/C8H6O2/c9-6-7-4-2-1-3-5-8(7)10/h1-6H. The summed E-state index contributed by atoms with van der Waals surface area (Å²) in [6.07, 6.45) is 0.558. The zero-order valence-electron chi connectivity index (χ0n) is 5.28. The van der Waals surface area contributed by atoms with E-state index in [4.69, 9.17) is 0 Å². The van der Waals surface area contributed by atoms with Gasteiger partial charge in [-0.25, -0.2) is 0 Å². The van der Waals surface area contributed by atoms with Crippen LogP contribution in [0, 0.1) is 0 Å². The van der Waals surface area contributed by atoms with E-state index in [2.05, 4.69) is 0 Å². The molecule has 0 aromatic heterocycles. The van der Waals surface area contributed by atoms with Gasteiger partial charge in [-0.1, -0.05) is 18.2 Å². The lowest BCUT2D eigenvalue weighted by atomic mass is 10.3. The van der Waals surface area contributed by atoms with Crippen molar-refractivity contribution >= 4 is 6.29 Å². The largest absolute Gasteiger partial charge is 0.298 e. The van der Waals surface area contributed by atoms with Gasteiger partial charge in [-0.05, 0) is 12.1 Å². The third kappa shape index (κ3) is 1.29. The zero-order valence-corrected chi connectivity index (χ0v) is 5.28. The van der Waals surface area contributed by atoms with Crippen molar-refractivity contribution in [2.45, 2.75) is 0 Å². The Morgan fingerprint density at radius 1 is 1.10 bits per heavy atom. The van der Waals surface area contributed by atoms with E-state index in [1.807, 2.05) is 0 Å². The fraction of sp³-hybridized carbons (Fsp3) is 0. The predicted molar refractivity (Wildman–Crippen MR) is 38.1 cm³/mol. The van der Waals surface area contributed by atoms with Gasteiger partial charge in [0.15, 0.2) is 11.7 Å². The molecule has 0 radical (unpaired) electrons. The molecule has 50 valence electrons. The number of rotatable bonds is 1. The molecule has 0 atom stereocenters. The van der Waals surface area contributed by atoms with Crippen LogP contribution in [0.3, 0.4) is 0 Å². The first-order chi connectivity index (χ1) is 4.84. The maximum atomic E-state index is 10.8. The average Bonchev–Trinajstić information content (AvgIpc) is 2.13. The number of hydrogen-bond donors (Lipinski definition) is 0. The quantitative estimate of drug-likeness (QED) is 0.534. The van der Waals surface area contributed by atoms with Crippen LogP contribution in [0.4, 0.5) is 0 Å². The number of carbonyl (C=O) groups is 1. The van der Waals surface area contributed by atoms with E-state index in [0.29, 0.717) is 6.29 Å². The van der Waals surface area contributed by atoms with Crippen LogP contribution in [0.15, 0.2) is 35.1 Å². The lowest BCUT2D eigenvalue weighted by molar-refractivity contribution is 0.112. The Balaban J connectivity index is 3.42. The van der Waals surface area contributed by atoms with Crippen molar-refractivity contribution in [2.75, 3.05) is 0 Å². The van der Waals surface area contributed by atoms with Crippen molar-refractivity contribution in [3.05, 3.63) is 46.1 Å². The molecule has 0 N–H and O–H groups in total. The van der Waals surface area contributed by atoms with E-state index >= 15 is 0 Å². The van der Waals surface area contributed by atoms with E-state index in [9.17, 15) is 9.59 Å². The Morgan fingerprint density at radius 3 is 2.50 bits per heavy atom. The molecule has 0 spiro atoms. The van der Waals surface area contributed by atoms with Crippen molar-refractivity contribution in [1.29, 1.82) is 0 Å². The first-order valence-electron chi connectivity index (χ1n) is 2.89. The molecule has 0 saturated carbocycles. The molecule has 1 rings (SSSR count). The first-order valence-corrected chi connectivity index (χ1v) is 2.89. The molecule has 10 heavy (non-hydrogen) atoms. The lowest BCUT2D eigenvalue weighted by Gasteiger charge is -1.73. The van der Waals surface area contributed by atoms with Gasteiger partial charge in [0.05, 0.1) is 5.56 Å². The highest BCUT2D eigenvalue weighted by atomic mass is 16.1. The molecule has 0 amide bonds. The van der Waals surface area contributed by atoms with Gasteiger partial charge in [-0.2, -0.15) is 0 Å². The molecule has 2 nitrogen and oxygen atoms in total. The van der Waals surface area contributed by atoms with Crippen molar-refractivity contribution in [1.82, 2.24) is 0 Å². The Labute approximate surface area is 58.1 Å². The van der Waals surface area contributed by atoms with Crippen molar-refractivity contribution in [3.63, 3.8) is 0 Å². The topological polar surface area (TPSA) is 34.1 Å². The number of aldehydes is 1. The molecule has 0 unspecified atom stereocenters. The summed E-state index contributed by atoms with van der Waals surface area (Å²) in [4.78, 5) is 21.0. The Morgan fingerprint density at radius 2 is 1.80 bits per heavy atom. The minimum absolute atomic E-state index is 0.199. The summed E-state index contributed by atoms with van der Waals surface area (Å²) in [6, 6.07) is 7.83. The van der Waals surface area contributed by atoms with Crippen LogP contribution < -0.4 is 5.43 Å². The van der Waals surface area contributed by atoms with E-state index in [1.54, 1.807) is 18.2 Å². The summed E-state index contributed by atoms with van der Waals surface area (Å²) < 4.78 is 0. The van der Waals surface area contributed by atoms with Gasteiger partial charge < -0.3 is 0 Å². The Hall–Kier alpha value is -1.44. The van der Waals surface area contributed by atoms with Crippen LogP contribution in [0.1, 0.15) is 10.4 Å². The molecule has 0 heterocycles. The van der Waals surface area contributed by atoms with Crippen molar-refractivity contribution < 1.29 is 4.79 Å². The molecule has 1 aromatic carbocycles. The van der Waals surface area contributed by atoms with Crippen LogP contribution in [-0.4, -0.2) is 6.29 Å². The number of carbonyl (C=O) groups excluding carboxylic acids is 1. The smallest absolute Gasteiger partial charge is 0.189 e. The Bertz CT molecular complexity index is 291. The maximum Gasteiger partial charge on any atom is 0.189 e. The SMILES string of the molecule is O=Cc1cccccc1=O. The maximum absolute atomic E-state index is 10.8. The van der Waals surface area contributed by atoms with E-state index in [1.165, 1.54) is 12.1 Å². The lowest BCUT2D eigenvalue weighted by Crippen LogP contribution is -2.01. The third-order valence-electron chi connectivity index (χ3n) is 1.16. The number of hydrogen-bond acceptors (Lipinski definition) is 2. The van der Waals surface area contributed by atoms with E-state index < -0.39 is 0 Å². The molecule has 0 aliphatic rings. The summed E-state index contributed by atoms with van der Waals surface area (Å²) >= 11 is 0. The summed E-state index contributed by atoms with van der Waals surface area (Å²) in [7, 11) is 0. The van der Waals surface area contributed by atoms with Crippen molar-refractivity contribution in [2.24, 2.45) is 0 Å². The highest BCUT2D eigenvalue weighted by molar-refractivity contribution is 5.73. The minimum atomic E-state index is -0.236. The molecule has 0 saturated heterocycles. The van der Waals surface area contributed by atoms with Gasteiger partial charge >= 0.3 is 0 Å². The first kappa shape index (κ1) is 6.68. The molecule has 0 fully saturated rings. The van der Waals surface area contributed by atoms with Gasteiger partial charge in [-0.15, -0.1) is 0 Å². The second-order valence-corrected chi connectivity index (χ2v) is 1.85. The monoisotopic (exact) mass is 134 g/mol. The molecular formula is C8H6O2. The summed E-state index contributed by atoms with van der Waals surface area (Å²) in [5, 5.41) is 0. The summed E-state index contributed by atoms with van der Waals surface area (Å²) in [5.74, 6) is 0. The summed E-state index contributed by atoms with van der Waals surface area (Å²) in [6.45, 7) is 0. The molecule has 0 aliphatic carbocycles. The van der Waals surface area contributed by atoms with Crippen LogP contribution in [0.25, 0.3) is 0 Å². The van der Waals surface area contributed by atoms with E-state index in [-0.39, 0.29) is 11.0 Å². The average molecular weight is 134 g/mol. The van der Waals surface area contributed by atoms with Gasteiger partial charge in [-0.3, -0.25) is 9.59 Å². The second-order valence-electron chi connectivity index (χ2n) is 1.85. The van der Waals surface area contributed by atoms with Gasteiger partial charge in [0, 0.05) is 0 Å². The fourth-order valence-electron chi connectivity index (χ4n) is 0.642. The summed E-state index contributed by atoms with van der Waals surface area (Å²) in [5.41, 5.74) is -0.0370. The second kappa shape index (κ2) is 2.92. The van der Waals surface area contributed by atoms with Crippen molar-refractivity contribution in [3.8, 4) is 0 Å². The minimum Gasteiger partial charge on any atom is -0.298 e. The van der Waals surface area contributed by atoms with Crippen LogP contribution in [0.5, 0.6) is 0 Å². The molecular weight excluding hydrogens is 128 g/mol. The van der Waals surface area contributed by atoms with E-state index in [0.717, 1.165) is 0 Å². The highest BCUT2D eigenvalue weighted by Gasteiger charge is 1.89. The van der Waals surface area contributed by atoms with Crippen LogP contribution in [0.2, 0.25) is 0 Å². The Kier molecular flexibility index (Phi) is 1.95. The molecule has 0 aliphatic heterocycles. The highest BCUT2D eigenvalue weighted by Crippen LogP contribution is 1.83. The van der Waals surface area contributed by atoms with Gasteiger partial charge in [0.2, 0.25) is 0 Å². The van der Waals surface area contributed by atoms with Crippen LogP contribution >= 0.6 is 0 Å².